The molecule has 3 N–H and O–H groups in total. The summed E-state index contributed by atoms with van der Waals surface area (Å²) in [6, 6.07) is 0. The van der Waals surface area contributed by atoms with Crippen LogP contribution in [0.2, 0.25) is 0 Å². The van der Waals surface area contributed by atoms with E-state index >= 15 is 0 Å². The van der Waals surface area contributed by atoms with E-state index < -0.39 is 0 Å². The van der Waals surface area contributed by atoms with E-state index in [2.05, 4.69) is 33.0 Å². The Bertz CT molecular complexity index is 312. The van der Waals surface area contributed by atoms with Crippen LogP contribution < -0.4 is 11.1 Å². The molecule has 2 amide bonds. The third-order valence-electron chi connectivity index (χ3n) is 3.89. The molecule has 5 nitrogen and oxygen atoms in total. The minimum absolute atomic E-state index is 0.0393. The number of methoxy groups -OCH3 is 1. The molecule has 0 rings (SSSR count). The van der Waals surface area contributed by atoms with Crippen LogP contribution in [-0.2, 0) is 14.3 Å². The zero-order valence-corrected chi connectivity index (χ0v) is 12.8. The summed E-state index contributed by atoms with van der Waals surface area (Å²) < 4.78 is 5.23. The number of ether oxygens (including phenoxy) is 1. The van der Waals surface area contributed by atoms with Gasteiger partial charge in [0.1, 0.15) is 0 Å². The second kappa shape index (κ2) is 7.48. The topological polar surface area (TPSA) is 81.4 Å². The number of carbonyl (C=O) groups excluding carboxylic acids is 2. The van der Waals surface area contributed by atoms with Crippen molar-refractivity contribution in [3.8, 4) is 0 Å². The number of nitrogens with two attached hydrogens (primary N) is 1. The number of amides is 2. The summed E-state index contributed by atoms with van der Waals surface area (Å²) in [5.74, 6) is -0.406. The maximum absolute atomic E-state index is 11.7. The molecule has 0 aromatic carbocycles. The lowest BCUT2D eigenvalue weighted by Crippen LogP contribution is -2.45. The Morgan fingerprint density at radius 3 is 2.16 bits per heavy atom. The third-order valence-corrected chi connectivity index (χ3v) is 3.89. The number of carbonyl (C=O) groups is 2. The predicted molar refractivity (Wildman–Crippen MR) is 75.5 cm³/mol. The van der Waals surface area contributed by atoms with Crippen LogP contribution >= 0.6 is 0 Å². The average Bonchev–Trinajstić information content (AvgIpc) is 2.25. The minimum Gasteiger partial charge on any atom is -0.384 e. The molecular weight excluding hydrogens is 244 g/mol. The van der Waals surface area contributed by atoms with Gasteiger partial charge in [0.05, 0.1) is 6.61 Å². The van der Waals surface area contributed by atoms with E-state index in [1.165, 1.54) is 0 Å². The number of primary amides is 1. The lowest BCUT2D eigenvalue weighted by molar-refractivity contribution is -0.122. The van der Waals surface area contributed by atoms with Crippen LogP contribution in [-0.4, -0.2) is 32.1 Å². The predicted octanol–water partition coefficient (Wildman–Crippen LogP) is 1.46. The minimum atomic E-state index is -0.366. The van der Waals surface area contributed by atoms with Crippen molar-refractivity contribution in [2.45, 2.75) is 47.0 Å². The highest BCUT2D eigenvalue weighted by molar-refractivity contribution is 5.77. The van der Waals surface area contributed by atoms with Gasteiger partial charge in [-0.05, 0) is 17.3 Å². The summed E-state index contributed by atoms with van der Waals surface area (Å²) in [5.41, 5.74) is 4.91. The first kappa shape index (κ1) is 17.9. The smallest absolute Gasteiger partial charge is 0.220 e. The van der Waals surface area contributed by atoms with Gasteiger partial charge in [0.15, 0.2) is 0 Å². The van der Waals surface area contributed by atoms with Gasteiger partial charge in [0.25, 0.3) is 0 Å². The lowest BCUT2D eigenvalue weighted by atomic mass is 9.68. The van der Waals surface area contributed by atoms with E-state index in [-0.39, 0.29) is 29.1 Å². The van der Waals surface area contributed by atoms with Crippen molar-refractivity contribution in [1.29, 1.82) is 0 Å². The average molecular weight is 272 g/mol. The highest BCUT2D eigenvalue weighted by Crippen LogP contribution is 2.37. The van der Waals surface area contributed by atoms with Crippen LogP contribution in [0.1, 0.15) is 47.0 Å². The molecule has 0 aliphatic carbocycles. The Kier molecular flexibility index (Phi) is 7.05. The molecule has 0 aromatic heterocycles. The van der Waals surface area contributed by atoms with Crippen molar-refractivity contribution in [3.63, 3.8) is 0 Å². The molecule has 0 heterocycles. The molecule has 0 aliphatic heterocycles. The Morgan fingerprint density at radius 1 is 1.11 bits per heavy atom. The molecule has 5 heteroatoms. The van der Waals surface area contributed by atoms with Crippen molar-refractivity contribution in [3.05, 3.63) is 0 Å². The normalized spacial score (nSPS) is 12.3. The van der Waals surface area contributed by atoms with Gasteiger partial charge in [0.2, 0.25) is 11.8 Å². The molecule has 19 heavy (non-hydrogen) atoms. The molecule has 112 valence electrons. The van der Waals surface area contributed by atoms with Gasteiger partial charge in [-0.15, -0.1) is 0 Å². The number of rotatable bonds is 9. The summed E-state index contributed by atoms with van der Waals surface area (Å²) in [7, 11) is 1.68. The number of nitrogens with one attached hydrogen (secondary N) is 1. The van der Waals surface area contributed by atoms with Crippen LogP contribution in [0, 0.1) is 10.8 Å². The lowest BCUT2D eigenvalue weighted by Gasteiger charge is -2.41. The van der Waals surface area contributed by atoms with E-state index in [9.17, 15) is 9.59 Å². The van der Waals surface area contributed by atoms with Gasteiger partial charge in [-0.25, -0.2) is 0 Å². The Hall–Kier alpha value is -1.10. The Morgan fingerprint density at radius 2 is 1.68 bits per heavy atom. The highest BCUT2D eigenvalue weighted by Gasteiger charge is 2.37. The van der Waals surface area contributed by atoms with Gasteiger partial charge in [0, 0.05) is 26.5 Å². The van der Waals surface area contributed by atoms with E-state index in [1.54, 1.807) is 7.11 Å². The largest absolute Gasteiger partial charge is 0.384 e. The molecule has 0 aliphatic rings. The summed E-state index contributed by atoms with van der Waals surface area (Å²) in [6.07, 6.45) is 1.10. The second-order valence-electron chi connectivity index (χ2n) is 6.30. The zero-order valence-electron chi connectivity index (χ0n) is 12.8. The Balaban J connectivity index is 4.16. The molecule has 0 saturated carbocycles. The highest BCUT2D eigenvalue weighted by atomic mass is 16.5. The van der Waals surface area contributed by atoms with Crippen LogP contribution in [0.4, 0.5) is 0 Å². The first-order valence-electron chi connectivity index (χ1n) is 6.66. The fourth-order valence-electron chi connectivity index (χ4n) is 1.63. The third kappa shape index (κ3) is 6.57. The molecule has 0 bridgehead atoms. The van der Waals surface area contributed by atoms with Crippen molar-refractivity contribution < 1.29 is 14.3 Å². The van der Waals surface area contributed by atoms with Crippen molar-refractivity contribution in [2.75, 3.05) is 20.3 Å². The molecule has 0 saturated heterocycles. The summed E-state index contributed by atoms with van der Waals surface area (Å²) in [5, 5.41) is 2.91. The van der Waals surface area contributed by atoms with Gasteiger partial charge < -0.3 is 15.8 Å². The fraction of sp³-hybridized carbons (Fsp3) is 0.857. The molecule has 0 fully saturated rings. The molecule has 0 atom stereocenters. The standard InChI is InChI=1S/C14H28N2O3/c1-13(2,14(3,4)10-19-5)9-16-12(18)8-6-7-11(15)17/h6-10H2,1-5H3,(H2,15,17)(H,16,18). The van der Waals surface area contributed by atoms with E-state index in [1.807, 2.05) is 0 Å². The molecule has 0 aromatic rings. The molecule has 0 radical (unpaired) electrons. The van der Waals surface area contributed by atoms with Crippen molar-refractivity contribution in [1.82, 2.24) is 5.32 Å². The maximum atomic E-state index is 11.7. The van der Waals surface area contributed by atoms with Crippen molar-refractivity contribution in [2.24, 2.45) is 16.6 Å². The van der Waals surface area contributed by atoms with Crippen LogP contribution in [0.25, 0.3) is 0 Å². The first-order valence-corrected chi connectivity index (χ1v) is 6.66. The second-order valence-corrected chi connectivity index (χ2v) is 6.30. The molecular formula is C14H28N2O3. The quantitative estimate of drug-likeness (QED) is 0.666. The zero-order chi connectivity index (χ0) is 15.1. The monoisotopic (exact) mass is 272 g/mol. The van der Waals surface area contributed by atoms with E-state index in [0.717, 1.165) is 0 Å². The molecule has 0 spiro atoms. The summed E-state index contributed by atoms with van der Waals surface area (Å²) in [4.78, 5) is 22.2. The summed E-state index contributed by atoms with van der Waals surface area (Å²) in [6.45, 7) is 9.67. The fourth-order valence-corrected chi connectivity index (χ4v) is 1.63. The number of hydrogen-bond acceptors (Lipinski definition) is 3. The van der Waals surface area contributed by atoms with Gasteiger partial charge in [-0.3, -0.25) is 9.59 Å². The Labute approximate surface area is 116 Å². The molecule has 0 unspecified atom stereocenters. The SMILES string of the molecule is COCC(C)(C)C(C)(C)CNC(=O)CCCC(N)=O. The van der Waals surface area contributed by atoms with E-state index in [4.69, 9.17) is 10.5 Å². The van der Waals surface area contributed by atoms with Gasteiger partial charge in [-0.2, -0.15) is 0 Å². The van der Waals surface area contributed by atoms with E-state index in [0.29, 0.717) is 26.0 Å². The maximum Gasteiger partial charge on any atom is 0.220 e. The first-order chi connectivity index (χ1) is 8.62. The van der Waals surface area contributed by atoms with Crippen molar-refractivity contribution >= 4 is 11.8 Å². The number of hydrogen-bond donors (Lipinski definition) is 2. The summed E-state index contributed by atoms with van der Waals surface area (Å²) >= 11 is 0. The van der Waals surface area contributed by atoms with Crippen LogP contribution in [0.5, 0.6) is 0 Å². The van der Waals surface area contributed by atoms with Crippen LogP contribution in [0.15, 0.2) is 0 Å². The van der Waals surface area contributed by atoms with Crippen LogP contribution in [0.3, 0.4) is 0 Å². The van der Waals surface area contributed by atoms with Gasteiger partial charge >= 0.3 is 0 Å². The van der Waals surface area contributed by atoms with Gasteiger partial charge in [-0.1, -0.05) is 27.7 Å².